The van der Waals surface area contributed by atoms with Gasteiger partial charge in [-0.3, -0.25) is 9.67 Å². The van der Waals surface area contributed by atoms with Crippen LogP contribution < -0.4 is 0 Å². The van der Waals surface area contributed by atoms with Gasteiger partial charge in [-0.15, -0.1) is 0 Å². The molecule has 1 aromatic carbocycles. The average molecular weight is 268 g/mol. The van der Waals surface area contributed by atoms with Crippen molar-refractivity contribution in [3.63, 3.8) is 0 Å². The van der Waals surface area contributed by atoms with Gasteiger partial charge in [0.1, 0.15) is 0 Å². The summed E-state index contributed by atoms with van der Waals surface area (Å²) in [6, 6.07) is 7.66. The predicted octanol–water partition coefficient (Wildman–Crippen LogP) is 2.03. The molecule has 1 N–H and O–H groups in total. The maximum Gasteiger partial charge on any atom is 0.0978 e. The summed E-state index contributed by atoms with van der Waals surface area (Å²) in [5.41, 5.74) is 3.38. The number of para-hydroxylation sites is 2. The van der Waals surface area contributed by atoms with E-state index < -0.39 is 6.10 Å². The number of aromatic nitrogens is 4. The van der Waals surface area contributed by atoms with Crippen LogP contribution in [0.5, 0.6) is 0 Å². The molecule has 0 spiro atoms. The second-order valence-corrected chi connectivity index (χ2v) is 4.86. The van der Waals surface area contributed by atoms with Crippen molar-refractivity contribution >= 4 is 11.0 Å². The fourth-order valence-corrected chi connectivity index (χ4v) is 2.18. The van der Waals surface area contributed by atoms with Gasteiger partial charge in [0.25, 0.3) is 0 Å². The number of benzene rings is 1. The minimum atomic E-state index is -0.604. The molecule has 102 valence electrons. The molecule has 0 aliphatic heterocycles. The van der Waals surface area contributed by atoms with E-state index in [1.54, 1.807) is 10.9 Å². The molecule has 3 aromatic rings. The molecule has 0 aliphatic carbocycles. The Morgan fingerprint density at radius 2 is 2.00 bits per heavy atom. The van der Waals surface area contributed by atoms with Gasteiger partial charge >= 0.3 is 0 Å². The zero-order chi connectivity index (χ0) is 13.9. The van der Waals surface area contributed by atoms with Crippen molar-refractivity contribution in [2.45, 2.75) is 18.9 Å². The third-order valence-electron chi connectivity index (χ3n) is 3.27. The SMILES string of the molecule is Cn1cc(CCC(O)c2cnc3ccccc3n2)cn1. The molecule has 0 radical (unpaired) electrons. The van der Waals surface area contributed by atoms with Gasteiger partial charge < -0.3 is 5.11 Å². The number of aliphatic hydroxyl groups excluding tert-OH is 1. The summed E-state index contributed by atoms with van der Waals surface area (Å²) in [5.74, 6) is 0. The molecule has 1 unspecified atom stereocenters. The van der Waals surface area contributed by atoms with Gasteiger partial charge in [0.2, 0.25) is 0 Å². The third kappa shape index (κ3) is 2.67. The van der Waals surface area contributed by atoms with E-state index in [-0.39, 0.29) is 0 Å². The highest BCUT2D eigenvalue weighted by Crippen LogP contribution is 2.18. The Hall–Kier alpha value is -2.27. The largest absolute Gasteiger partial charge is 0.387 e. The molecule has 0 saturated carbocycles. The Kier molecular flexibility index (Phi) is 3.43. The van der Waals surface area contributed by atoms with Crippen molar-refractivity contribution in [1.82, 2.24) is 19.7 Å². The molecule has 0 aliphatic rings. The van der Waals surface area contributed by atoms with Crippen LogP contribution in [0, 0.1) is 0 Å². The van der Waals surface area contributed by atoms with Crippen LogP contribution in [0.25, 0.3) is 11.0 Å². The van der Waals surface area contributed by atoms with Gasteiger partial charge in [-0.25, -0.2) is 4.98 Å². The van der Waals surface area contributed by atoms with Crippen LogP contribution in [-0.4, -0.2) is 24.9 Å². The number of nitrogens with zero attached hydrogens (tertiary/aromatic N) is 4. The van der Waals surface area contributed by atoms with Crippen LogP contribution in [0.4, 0.5) is 0 Å². The molecule has 5 nitrogen and oxygen atoms in total. The predicted molar refractivity (Wildman–Crippen MR) is 76.0 cm³/mol. The minimum absolute atomic E-state index is 0.604. The Labute approximate surface area is 116 Å². The first-order valence-corrected chi connectivity index (χ1v) is 6.59. The molecular weight excluding hydrogens is 252 g/mol. The summed E-state index contributed by atoms with van der Waals surface area (Å²) in [7, 11) is 1.88. The van der Waals surface area contributed by atoms with E-state index >= 15 is 0 Å². The van der Waals surface area contributed by atoms with Gasteiger partial charge in [-0.2, -0.15) is 5.10 Å². The summed E-state index contributed by atoms with van der Waals surface area (Å²) in [6.07, 6.45) is 6.20. The van der Waals surface area contributed by atoms with Crippen LogP contribution in [0.1, 0.15) is 23.8 Å². The molecule has 0 fully saturated rings. The maximum atomic E-state index is 10.2. The molecule has 0 bridgehead atoms. The Morgan fingerprint density at radius 1 is 1.20 bits per heavy atom. The molecule has 2 heterocycles. The molecule has 5 heteroatoms. The van der Waals surface area contributed by atoms with E-state index in [9.17, 15) is 5.11 Å². The zero-order valence-corrected chi connectivity index (χ0v) is 11.3. The molecule has 1 atom stereocenters. The van der Waals surface area contributed by atoms with E-state index in [1.807, 2.05) is 43.7 Å². The van der Waals surface area contributed by atoms with E-state index in [0.29, 0.717) is 12.1 Å². The number of rotatable bonds is 4. The molecule has 0 saturated heterocycles. The first-order chi connectivity index (χ1) is 9.72. The van der Waals surface area contributed by atoms with Gasteiger partial charge in [-0.05, 0) is 30.5 Å². The normalized spacial score (nSPS) is 12.7. The van der Waals surface area contributed by atoms with E-state index in [2.05, 4.69) is 15.1 Å². The van der Waals surface area contributed by atoms with Crippen LogP contribution in [-0.2, 0) is 13.5 Å². The minimum Gasteiger partial charge on any atom is -0.387 e. The number of aryl methyl sites for hydroxylation is 2. The number of hydrogen-bond donors (Lipinski definition) is 1. The Bertz CT molecular complexity index is 722. The zero-order valence-electron chi connectivity index (χ0n) is 11.3. The summed E-state index contributed by atoms with van der Waals surface area (Å²) >= 11 is 0. The second kappa shape index (κ2) is 5.38. The summed E-state index contributed by atoms with van der Waals surface area (Å²) in [4.78, 5) is 8.78. The van der Waals surface area contributed by atoms with Crippen molar-refractivity contribution in [3.05, 3.63) is 54.1 Å². The lowest BCUT2D eigenvalue weighted by atomic mass is 10.1. The maximum absolute atomic E-state index is 10.2. The van der Waals surface area contributed by atoms with Crippen LogP contribution >= 0.6 is 0 Å². The molecular formula is C15H16N4O. The highest BCUT2D eigenvalue weighted by Gasteiger charge is 2.11. The fraction of sp³-hybridized carbons (Fsp3) is 0.267. The topological polar surface area (TPSA) is 63.8 Å². The smallest absolute Gasteiger partial charge is 0.0978 e. The first kappa shape index (κ1) is 12.7. The van der Waals surface area contributed by atoms with Gasteiger partial charge in [-0.1, -0.05) is 12.1 Å². The van der Waals surface area contributed by atoms with Crippen molar-refractivity contribution in [3.8, 4) is 0 Å². The Balaban J connectivity index is 1.73. The number of aliphatic hydroxyl groups is 1. The van der Waals surface area contributed by atoms with Crippen LogP contribution in [0.3, 0.4) is 0 Å². The summed E-state index contributed by atoms with van der Waals surface area (Å²) in [5, 5.41) is 14.3. The highest BCUT2D eigenvalue weighted by molar-refractivity contribution is 5.73. The van der Waals surface area contributed by atoms with E-state index in [4.69, 9.17) is 0 Å². The number of hydrogen-bond acceptors (Lipinski definition) is 4. The van der Waals surface area contributed by atoms with Crippen molar-refractivity contribution in [1.29, 1.82) is 0 Å². The van der Waals surface area contributed by atoms with Crippen molar-refractivity contribution in [2.24, 2.45) is 7.05 Å². The Morgan fingerprint density at radius 3 is 2.75 bits per heavy atom. The fourth-order valence-electron chi connectivity index (χ4n) is 2.18. The van der Waals surface area contributed by atoms with Crippen LogP contribution in [0.15, 0.2) is 42.9 Å². The van der Waals surface area contributed by atoms with Crippen LogP contribution in [0.2, 0.25) is 0 Å². The van der Waals surface area contributed by atoms with Gasteiger partial charge in [0.05, 0.1) is 35.2 Å². The lowest BCUT2D eigenvalue weighted by Gasteiger charge is -2.09. The second-order valence-electron chi connectivity index (χ2n) is 4.86. The number of fused-ring (bicyclic) bond motifs is 1. The summed E-state index contributed by atoms with van der Waals surface area (Å²) in [6.45, 7) is 0. The molecule has 2 aromatic heterocycles. The van der Waals surface area contributed by atoms with E-state index in [0.717, 1.165) is 23.0 Å². The average Bonchev–Trinajstić information content (AvgIpc) is 2.90. The van der Waals surface area contributed by atoms with Gasteiger partial charge in [0, 0.05) is 13.2 Å². The highest BCUT2D eigenvalue weighted by atomic mass is 16.3. The lowest BCUT2D eigenvalue weighted by molar-refractivity contribution is 0.163. The van der Waals surface area contributed by atoms with Crippen molar-refractivity contribution in [2.75, 3.05) is 0 Å². The quantitative estimate of drug-likeness (QED) is 0.786. The summed E-state index contributed by atoms with van der Waals surface area (Å²) < 4.78 is 1.76. The monoisotopic (exact) mass is 268 g/mol. The van der Waals surface area contributed by atoms with E-state index in [1.165, 1.54) is 0 Å². The molecule has 0 amide bonds. The third-order valence-corrected chi connectivity index (χ3v) is 3.27. The molecule has 3 rings (SSSR count). The standard InChI is InChI=1S/C15H16N4O/c1-19-10-11(8-17-19)6-7-15(20)14-9-16-12-4-2-3-5-13(12)18-14/h2-5,8-10,15,20H,6-7H2,1H3. The van der Waals surface area contributed by atoms with Gasteiger partial charge in [0.15, 0.2) is 0 Å². The molecule has 20 heavy (non-hydrogen) atoms. The van der Waals surface area contributed by atoms with Crippen molar-refractivity contribution < 1.29 is 5.11 Å². The lowest BCUT2D eigenvalue weighted by Crippen LogP contribution is -2.03. The first-order valence-electron chi connectivity index (χ1n) is 6.59.